The monoisotopic (exact) mass is 325 g/mol. The number of halogens is 2. The van der Waals surface area contributed by atoms with Crippen molar-refractivity contribution < 1.29 is 9.59 Å². The van der Waals surface area contributed by atoms with Gasteiger partial charge in [-0.3, -0.25) is 14.9 Å². The highest BCUT2D eigenvalue weighted by atomic mass is 35.5. The summed E-state index contributed by atoms with van der Waals surface area (Å²) in [7, 11) is 0. The number of nitrogens with one attached hydrogen (secondary N) is 2. The first-order valence-corrected chi connectivity index (χ1v) is 6.75. The first kappa shape index (κ1) is 13.8. The van der Waals surface area contributed by atoms with Crippen molar-refractivity contribution in [2.24, 2.45) is 0 Å². The van der Waals surface area contributed by atoms with E-state index in [9.17, 15) is 9.59 Å². The number of hydrogen-bond acceptors (Lipinski definition) is 4. The molecule has 0 aliphatic carbocycles. The molecule has 1 aliphatic rings. The second kappa shape index (κ2) is 5.34. The van der Waals surface area contributed by atoms with E-state index in [4.69, 9.17) is 23.2 Å². The fourth-order valence-electron chi connectivity index (χ4n) is 2.01. The maximum atomic E-state index is 12.3. The Morgan fingerprint density at radius 2 is 2.19 bits per heavy atom. The first-order chi connectivity index (χ1) is 10.0. The minimum absolute atomic E-state index is 0.0104. The number of fused-ring (bicyclic) bond motifs is 1. The molecule has 0 saturated heterocycles. The largest absolute Gasteiger partial charge is 0.324 e. The van der Waals surface area contributed by atoms with Crippen LogP contribution in [0.15, 0.2) is 24.5 Å². The minimum Gasteiger partial charge on any atom is -0.324 e. The summed E-state index contributed by atoms with van der Waals surface area (Å²) in [6.07, 6.45) is 1.27. The molecule has 3 rings (SSSR count). The van der Waals surface area contributed by atoms with E-state index >= 15 is 0 Å². The Labute approximate surface area is 129 Å². The topological polar surface area (TPSA) is 88.9 Å². The molecule has 9 heteroatoms. The van der Waals surface area contributed by atoms with E-state index in [0.29, 0.717) is 15.7 Å². The number of aromatic nitrogens is 3. The molecule has 1 aromatic carbocycles. The van der Waals surface area contributed by atoms with Crippen LogP contribution in [0.1, 0.15) is 12.5 Å². The molecule has 2 amide bonds. The van der Waals surface area contributed by atoms with Gasteiger partial charge in [-0.15, -0.1) is 0 Å². The molecule has 7 nitrogen and oxygen atoms in total. The SMILES string of the molecule is O=C1C[C@H](C(=O)Nc2ccc(Cl)c(Cl)c2)n2ncnc2N1. The average Bonchev–Trinajstić information content (AvgIpc) is 2.90. The lowest BCUT2D eigenvalue weighted by molar-refractivity contribution is -0.125. The van der Waals surface area contributed by atoms with Gasteiger partial charge in [0.1, 0.15) is 12.4 Å². The summed E-state index contributed by atoms with van der Waals surface area (Å²) in [5.74, 6) is -0.416. The molecule has 0 bridgehead atoms. The molecule has 0 unspecified atom stereocenters. The highest BCUT2D eigenvalue weighted by Gasteiger charge is 2.31. The number of hydrogen-bond donors (Lipinski definition) is 2. The molecule has 0 spiro atoms. The van der Waals surface area contributed by atoms with Crippen molar-refractivity contribution in [3.63, 3.8) is 0 Å². The maximum absolute atomic E-state index is 12.3. The second-order valence-corrected chi connectivity index (χ2v) is 5.23. The van der Waals surface area contributed by atoms with Crippen LogP contribution in [-0.4, -0.2) is 26.6 Å². The third kappa shape index (κ3) is 2.70. The second-order valence-electron chi connectivity index (χ2n) is 4.41. The Kier molecular flexibility index (Phi) is 3.52. The summed E-state index contributed by atoms with van der Waals surface area (Å²) in [5.41, 5.74) is 0.488. The Morgan fingerprint density at radius 3 is 2.95 bits per heavy atom. The summed E-state index contributed by atoms with van der Waals surface area (Å²) < 4.78 is 1.37. The van der Waals surface area contributed by atoms with E-state index < -0.39 is 6.04 Å². The van der Waals surface area contributed by atoms with Crippen molar-refractivity contribution in [2.45, 2.75) is 12.5 Å². The van der Waals surface area contributed by atoms with Crippen LogP contribution < -0.4 is 10.6 Å². The van der Waals surface area contributed by atoms with Crippen molar-refractivity contribution in [3.05, 3.63) is 34.6 Å². The number of carbonyl (C=O) groups excluding carboxylic acids is 2. The molecule has 1 aromatic heterocycles. The summed E-state index contributed by atoms with van der Waals surface area (Å²) in [6, 6.07) is 3.98. The first-order valence-electron chi connectivity index (χ1n) is 6.00. The third-order valence-electron chi connectivity index (χ3n) is 2.99. The van der Waals surface area contributed by atoms with E-state index in [1.807, 2.05) is 0 Å². The lowest BCUT2D eigenvalue weighted by Gasteiger charge is -2.22. The molecule has 108 valence electrons. The summed E-state index contributed by atoms with van der Waals surface area (Å²) in [6.45, 7) is 0. The Balaban J connectivity index is 1.83. The summed E-state index contributed by atoms with van der Waals surface area (Å²) >= 11 is 11.7. The van der Waals surface area contributed by atoms with Crippen LogP contribution in [-0.2, 0) is 9.59 Å². The van der Waals surface area contributed by atoms with Crippen LogP contribution in [0.5, 0.6) is 0 Å². The van der Waals surface area contributed by atoms with Crippen LogP contribution in [0.2, 0.25) is 10.0 Å². The van der Waals surface area contributed by atoms with E-state index in [-0.39, 0.29) is 24.2 Å². The number of benzene rings is 1. The van der Waals surface area contributed by atoms with Gasteiger partial charge in [0, 0.05) is 5.69 Å². The van der Waals surface area contributed by atoms with Crippen LogP contribution in [0, 0.1) is 0 Å². The standard InChI is InChI=1S/C12H9Cl2N5O2/c13-7-2-1-6(3-8(7)14)17-11(21)9-4-10(20)18-12-15-5-16-19(9)12/h1-3,5,9H,4H2,(H,17,21)(H,15,16,18,20)/t9-/m1/s1. The molecule has 0 radical (unpaired) electrons. The van der Waals surface area contributed by atoms with Crippen molar-refractivity contribution in [1.82, 2.24) is 14.8 Å². The Morgan fingerprint density at radius 1 is 1.38 bits per heavy atom. The van der Waals surface area contributed by atoms with Gasteiger partial charge in [0.25, 0.3) is 0 Å². The quantitative estimate of drug-likeness (QED) is 0.884. The molecular formula is C12H9Cl2N5O2. The molecule has 1 atom stereocenters. The van der Waals surface area contributed by atoms with Gasteiger partial charge in [-0.25, -0.2) is 4.68 Å². The predicted octanol–water partition coefficient (Wildman–Crippen LogP) is 2.11. The highest BCUT2D eigenvalue weighted by Crippen LogP contribution is 2.27. The normalized spacial score (nSPS) is 17.0. The molecular weight excluding hydrogens is 317 g/mol. The fraction of sp³-hybridized carbons (Fsp3) is 0.167. The lowest BCUT2D eigenvalue weighted by atomic mass is 10.1. The van der Waals surface area contributed by atoms with Crippen LogP contribution >= 0.6 is 23.2 Å². The zero-order chi connectivity index (χ0) is 15.0. The van der Waals surface area contributed by atoms with Gasteiger partial charge in [-0.1, -0.05) is 23.2 Å². The highest BCUT2D eigenvalue weighted by molar-refractivity contribution is 6.42. The third-order valence-corrected chi connectivity index (χ3v) is 3.73. The number of amides is 2. The Bertz CT molecular complexity index is 730. The lowest BCUT2D eigenvalue weighted by Crippen LogP contribution is -2.35. The number of anilines is 2. The van der Waals surface area contributed by atoms with E-state index in [2.05, 4.69) is 20.7 Å². The molecule has 21 heavy (non-hydrogen) atoms. The summed E-state index contributed by atoms with van der Waals surface area (Å²) in [4.78, 5) is 27.8. The van der Waals surface area contributed by atoms with E-state index in [1.54, 1.807) is 12.1 Å². The van der Waals surface area contributed by atoms with Gasteiger partial charge < -0.3 is 5.32 Å². The number of carbonyl (C=O) groups is 2. The molecule has 1 aliphatic heterocycles. The van der Waals surface area contributed by atoms with Gasteiger partial charge >= 0.3 is 0 Å². The predicted molar refractivity (Wildman–Crippen MR) is 77.4 cm³/mol. The smallest absolute Gasteiger partial charge is 0.249 e. The zero-order valence-corrected chi connectivity index (χ0v) is 12.0. The molecule has 2 heterocycles. The van der Waals surface area contributed by atoms with Gasteiger partial charge in [0.05, 0.1) is 16.5 Å². The van der Waals surface area contributed by atoms with Crippen molar-refractivity contribution >= 4 is 46.7 Å². The van der Waals surface area contributed by atoms with Crippen molar-refractivity contribution in [1.29, 1.82) is 0 Å². The maximum Gasteiger partial charge on any atom is 0.249 e. The molecule has 0 saturated carbocycles. The van der Waals surface area contributed by atoms with Gasteiger partial charge in [-0.2, -0.15) is 10.1 Å². The molecule has 0 fully saturated rings. The minimum atomic E-state index is -0.759. The van der Waals surface area contributed by atoms with Gasteiger partial charge in [0.15, 0.2) is 0 Å². The average molecular weight is 326 g/mol. The van der Waals surface area contributed by atoms with E-state index in [1.165, 1.54) is 17.1 Å². The van der Waals surface area contributed by atoms with Crippen molar-refractivity contribution in [2.75, 3.05) is 10.6 Å². The van der Waals surface area contributed by atoms with Crippen LogP contribution in [0.4, 0.5) is 11.6 Å². The van der Waals surface area contributed by atoms with Crippen LogP contribution in [0.25, 0.3) is 0 Å². The summed E-state index contributed by atoms with van der Waals surface area (Å²) in [5, 5.41) is 9.89. The van der Waals surface area contributed by atoms with Crippen molar-refractivity contribution in [3.8, 4) is 0 Å². The zero-order valence-electron chi connectivity index (χ0n) is 10.5. The van der Waals surface area contributed by atoms with E-state index in [0.717, 1.165) is 0 Å². The molecule has 2 N–H and O–H groups in total. The number of rotatable bonds is 2. The Hall–Kier alpha value is -2.12. The number of nitrogens with zero attached hydrogens (tertiary/aromatic N) is 3. The van der Waals surface area contributed by atoms with Crippen LogP contribution in [0.3, 0.4) is 0 Å². The van der Waals surface area contributed by atoms with Gasteiger partial charge in [0.2, 0.25) is 17.8 Å². The van der Waals surface area contributed by atoms with Gasteiger partial charge in [-0.05, 0) is 18.2 Å². The fourth-order valence-corrected chi connectivity index (χ4v) is 2.31. The molecule has 2 aromatic rings.